The lowest BCUT2D eigenvalue weighted by atomic mass is 9.74. The molecule has 1 aromatic carbocycles. The van der Waals surface area contributed by atoms with E-state index in [1.807, 2.05) is 24.3 Å². The van der Waals surface area contributed by atoms with Gasteiger partial charge < -0.3 is 10.5 Å². The Morgan fingerprint density at radius 2 is 1.90 bits per heavy atom. The Hall–Kier alpha value is -0.540. The predicted octanol–water partition coefficient (Wildman–Crippen LogP) is 5.30. The van der Waals surface area contributed by atoms with Gasteiger partial charge in [0.05, 0.1) is 6.61 Å². The maximum absolute atomic E-state index is 6.55. The van der Waals surface area contributed by atoms with Crippen molar-refractivity contribution in [3.63, 3.8) is 0 Å². The molecule has 1 aromatic rings. The highest BCUT2D eigenvalue weighted by Crippen LogP contribution is 2.35. The van der Waals surface area contributed by atoms with Gasteiger partial charge in [-0.15, -0.1) is 0 Å². The summed E-state index contributed by atoms with van der Waals surface area (Å²) < 4.78 is 6.90. The fourth-order valence-electron chi connectivity index (χ4n) is 3.19. The highest BCUT2D eigenvalue weighted by atomic mass is 79.9. The topological polar surface area (TPSA) is 35.2 Å². The number of hydrogen-bond acceptors (Lipinski definition) is 2. The van der Waals surface area contributed by atoms with Crippen LogP contribution in [0.4, 0.5) is 0 Å². The summed E-state index contributed by atoms with van der Waals surface area (Å²) in [7, 11) is 0. The van der Waals surface area contributed by atoms with Gasteiger partial charge in [0.1, 0.15) is 5.75 Å². The SMILES string of the molecule is CCCCC1CCC(N)(CCOc2ccc(Br)cc2)CC1. The van der Waals surface area contributed by atoms with E-state index in [1.165, 1.54) is 32.1 Å². The van der Waals surface area contributed by atoms with Crippen LogP contribution in [0.5, 0.6) is 5.75 Å². The van der Waals surface area contributed by atoms with E-state index in [4.69, 9.17) is 10.5 Å². The lowest BCUT2D eigenvalue weighted by Gasteiger charge is -2.37. The molecule has 118 valence electrons. The molecule has 1 saturated carbocycles. The van der Waals surface area contributed by atoms with Crippen LogP contribution in [0.15, 0.2) is 28.7 Å². The average molecular weight is 354 g/mol. The molecule has 1 fully saturated rings. The summed E-state index contributed by atoms with van der Waals surface area (Å²) in [5, 5.41) is 0. The Labute approximate surface area is 137 Å². The summed E-state index contributed by atoms with van der Waals surface area (Å²) >= 11 is 3.43. The fraction of sp³-hybridized carbons (Fsp3) is 0.667. The zero-order valence-electron chi connectivity index (χ0n) is 13.1. The van der Waals surface area contributed by atoms with Crippen LogP contribution in [0, 0.1) is 5.92 Å². The molecule has 1 aliphatic carbocycles. The molecule has 0 unspecified atom stereocenters. The number of halogens is 1. The van der Waals surface area contributed by atoms with E-state index >= 15 is 0 Å². The first-order chi connectivity index (χ1) is 10.1. The first kappa shape index (κ1) is 16.8. The van der Waals surface area contributed by atoms with Crippen LogP contribution < -0.4 is 10.5 Å². The summed E-state index contributed by atoms with van der Waals surface area (Å²) in [5.74, 6) is 1.84. The summed E-state index contributed by atoms with van der Waals surface area (Å²) in [5.41, 5.74) is 6.55. The second-order valence-corrected chi connectivity index (χ2v) is 7.42. The lowest BCUT2D eigenvalue weighted by Crippen LogP contribution is -2.44. The van der Waals surface area contributed by atoms with Crippen LogP contribution in [-0.4, -0.2) is 12.1 Å². The molecule has 1 aliphatic rings. The molecule has 0 heterocycles. The second-order valence-electron chi connectivity index (χ2n) is 6.50. The zero-order valence-corrected chi connectivity index (χ0v) is 14.7. The third kappa shape index (κ3) is 5.63. The molecule has 0 amide bonds. The molecule has 0 aromatic heterocycles. The number of rotatable bonds is 7. The van der Waals surface area contributed by atoms with Crippen molar-refractivity contribution < 1.29 is 4.74 Å². The molecular weight excluding hydrogens is 326 g/mol. The summed E-state index contributed by atoms with van der Waals surface area (Å²) in [6.45, 7) is 2.99. The molecule has 0 bridgehead atoms. The summed E-state index contributed by atoms with van der Waals surface area (Å²) in [4.78, 5) is 0. The zero-order chi connectivity index (χ0) is 15.1. The quantitative estimate of drug-likeness (QED) is 0.721. The van der Waals surface area contributed by atoms with Crippen molar-refractivity contribution in [2.75, 3.05) is 6.61 Å². The Balaban J connectivity index is 1.69. The molecule has 0 radical (unpaired) electrons. The van der Waals surface area contributed by atoms with Gasteiger partial charge in [0.15, 0.2) is 0 Å². The van der Waals surface area contributed by atoms with Gasteiger partial charge in [0.25, 0.3) is 0 Å². The molecule has 21 heavy (non-hydrogen) atoms. The van der Waals surface area contributed by atoms with Gasteiger partial charge in [-0.3, -0.25) is 0 Å². The van der Waals surface area contributed by atoms with E-state index in [0.29, 0.717) is 0 Å². The molecule has 2 rings (SSSR count). The largest absolute Gasteiger partial charge is 0.494 e. The van der Waals surface area contributed by atoms with Crippen molar-refractivity contribution in [1.82, 2.24) is 0 Å². The average Bonchev–Trinajstić information content (AvgIpc) is 2.49. The minimum atomic E-state index is -0.00191. The maximum Gasteiger partial charge on any atom is 0.119 e. The number of hydrogen-bond donors (Lipinski definition) is 1. The van der Waals surface area contributed by atoms with Gasteiger partial charge in [0, 0.05) is 10.0 Å². The Bertz CT molecular complexity index is 410. The van der Waals surface area contributed by atoms with Gasteiger partial charge in [-0.1, -0.05) is 42.1 Å². The molecule has 3 heteroatoms. The van der Waals surface area contributed by atoms with E-state index in [9.17, 15) is 0 Å². The standard InChI is InChI=1S/C18H28BrNO/c1-2-3-4-15-9-11-18(20,12-10-15)13-14-21-17-7-5-16(19)6-8-17/h5-8,15H,2-4,9-14,20H2,1H3. The van der Waals surface area contributed by atoms with Crippen LogP contribution in [-0.2, 0) is 0 Å². The minimum Gasteiger partial charge on any atom is -0.494 e. The third-order valence-electron chi connectivity index (χ3n) is 4.75. The van der Waals surface area contributed by atoms with Crippen LogP contribution in [0.1, 0.15) is 58.3 Å². The van der Waals surface area contributed by atoms with Crippen molar-refractivity contribution in [2.45, 2.75) is 63.8 Å². The highest BCUT2D eigenvalue weighted by molar-refractivity contribution is 9.10. The molecule has 2 nitrogen and oxygen atoms in total. The van der Waals surface area contributed by atoms with E-state index in [0.717, 1.165) is 42.0 Å². The highest BCUT2D eigenvalue weighted by Gasteiger charge is 2.31. The molecule has 0 aliphatic heterocycles. The van der Waals surface area contributed by atoms with Gasteiger partial charge in [-0.25, -0.2) is 0 Å². The summed E-state index contributed by atoms with van der Waals surface area (Å²) in [6.07, 6.45) is 9.95. The smallest absolute Gasteiger partial charge is 0.119 e. The normalized spacial score (nSPS) is 25.8. The molecule has 0 saturated heterocycles. The van der Waals surface area contributed by atoms with Gasteiger partial charge >= 0.3 is 0 Å². The Morgan fingerprint density at radius 1 is 1.24 bits per heavy atom. The monoisotopic (exact) mass is 353 g/mol. The fourth-order valence-corrected chi connectivity index (χ4v) is 3.45. The van der Waals surface area contributed by atoms with Crippen molar-refractivity contribution >= 4 is 15.9 Å². The predicted molar refractivity (Wildman–Crippen MR) is 92.7 cm³/mol. The maximum atomic E-state index is 6.55. The van der Waals surface area contributed by atoms with Gasteiger partial charge in [-0.2, -0.15) is 0 Å². The first-order valence-electron chi connectivity index (χ1n) is 8.28. The van der Waals surface area contributed by atoms with Crippen molar-refractivity contribution in [3.05, 3.63) is 28.7 Å². The summed E-state index contributed by atoms with van der Waals surface area (Å²) in [6, 6.07) is 8.00. The molecule has 0 atom stereocenters. The third-order valence-corrected chi connectivity index (χ3v) is 5.28. The van der Waals surface area contributed by atoms with Crippen molar-refractivity contribution in [1.29, 1.82) is 0 Å². The van der Waals surface area contributed by atoms with Gasteiger partial charge in [-0.05, 0) is 62.3 Å². The Morgan fingerprint density at radius 3 is 2.52 bits per heavy atom. The van der Waals surface area contributed by atoms with Crippen LogP contribution in [0.2, 0.25) is 0 Å². The second kappa shape index (κ2) is 8.19. The molecule has 2 N–H and O–H groups in total. The number of ether oxygens (including phenoxy) is 1. The number of benzene rings is 1. The van der Waals surface area contributed by atoms with E-state index in [-0.39, 0.29) is 5.54 Å². The number of unbranched alkanes of at least 4 members (excludes halogenated alkanes) is 1. The van der Waals surface area contributed by atoms with Gasteiger partial charge in [0.2, 0.25) is 0 Å². The Kier molecular flexibility index (Phi) is 6.56. The minimum absolute atomic E-state index is 0.00191. The van der Waals surface area contributed by atoms with E-state index in [2.05, 4.69) is 22.9 Å². The van der Waals surface area contributed by atoms with E-state index < -0.39 is 0 Å². The molecule has 0 spiro atoms. The number of nitrogens with two attached hydrogens (primary N) is 1. The van der Waals surface area contributed by atoms with E-state index in [1.54, 1.807) is 0 Å². The first-order valence-corrected chi connectivity index (χ1v) is 9.08. The van der Waals surface area contributed by atoms with Crippen molar-refractivity contribution in [3.8, 4) is 5.75 Å². The van der Waals surface area contributed by atoms with Crippen LogP contribution in [0.3, 0.4) is 0 Å². The van der Waals surface area contributed by atoms with Crippen molar-refractivity contribution in [2.24, 2.45) is 11.7 Å². The van der Waals surface area contributed by atoms with Crippen LogP contribution in [0.25, 0.3) is 0 Å². The molecular formula is C18H28BrNO. The van der Waals surface area contributed by atoms with Crippen LogP contribution >= 0.6 is 15.9 Å². The lowest BCUT2D eigenvalue weighted by molar-refractivity contribution is 0.179.